The Kier molecular flexibility index (Phi) is 8.93. The van der Waals surface area contributed by atoms with Gasteiger partial charge < -0.3 is 5.11 Å². The molecule has 0 aliphatic rings. The number of rotatable bonds is 5. The van der Waals surface area contributed by atoms with E-state index < -0.39 is 0 Å². The topological polar surface area (TPSA) is 75.0 Å². The van der Waals surface area contributed by atoms with Crippen LogP contribution in [0.25, 0.3) is 42.9 Å². The van der Waals surface area contributed by atoms with Crippen molar-refractivity contribution in [3.8, 4) is 28.4 Å². The third-order valence-corrected chi connectivity index (χ3v) is 11.1. The summed E-state index contributed by atoms with van der Waals surface area (Å²) >= 11 is 1.71. The van der Waals surface area contributed by atoms with Gasteiger partial charge >= 0.3 is 0 Å². The normalized spacial score (nSPS) is 12.5. The minimum Gasteiger partial charge on any atom is -0.507 e. The number of hydrogen-bond donors (Lipinski definition) is 1. The molecule has 1 N–H and O–H groups in total. The lowest BCUT2D eigenvalue weighted by molar-refractivity contribution is 0.446. The number of anilines is 3. The van der Waals surface area contributed by atoms with Crippen LogP contribution in [-0.2, 0) is 16.2 Å². The summed E-state index contributed by atoms with van der Waals surface area (Å²) in [5.41, 5.74) is 9.83. The van der Waals surface area contributed by atoms with Crippen LogP contribution in [0.1, 0.15) is 90.3 Å². The van der Waals surface area contributed by atoms with Gasteiger partial charge in [-0.3, -0.25) is 9.88 Å². The summed E-state index contributed by atoms with van der Waals surface area (Å²) in [6.07, 6.45) is 3.69. The van der Waals surface area contributed by atoms with Gasteiger partial charge in [-0.25, -0.2) is 15.0 Å². The van der Waals surface area contributed by atoms with E-state index >= 15 is 0 Å². The first-order valence-corrected chi connectivity index (χ1v) is 19.1. The molecule has 0 bridgehead atoms. The minimum atomic E-state index is -0.296. The first-order chi connectivity index (χ1) is 24.9. The number of phenolic OH excluding ortho intramolecular Hbond substituents is 1. The molecule has 0 fully saturated rings. The molecule has 270 valence electrons. The highest BCUT2D eigenvalue weighted by Gasteiger charge is 2.29. The number of hydrogen-bond acceptors (Lipinski definition) is 7. The fourth-order valence-corrected chi connectivity index (χ4v) is 8.07. The van der Waals surface area contributed by atoms with Crippen LogP contribution in [0.15, 0.2) is 91.3 Å². The van der Waals surface area contributed by atoms with Gasteiger partial charge in [-0.05, 0) is 95.3 Å². The smallest absolute Gasteiger partial charge is 0.164 e. The molecule has 7 rings (SSSR count). The van der Waals surface area contributed by atoms with Gasteiger partial charge in [0.15, 0.2) is 5.82 Å². The van der Waals surface area contributed by atoms with E-state index in [9.17, 15) is 5.11 Å². The largest absolute Gasteiger partial charge is 0.507 e. The number of fused-ring (bicyclic) bond motifs is 3. The Morgan fingerprint density at radius 1 is 0.679 bits per heavy atom. The summed E-state index contributed by atoms with van der Waals surface area (Å²) in [4.78, 5) is 22.5. The number of aromatic nitrogens is 4. The maximum atomic E-state index is 12.0. The molecule has 4 aromatic heterocycles. The Morgan fingerprint density at radius 2 is 1.38 bits per heavy atom. The molecular weight excluding hydrogens is 671 g/mol. The Morgan fingerprint density at radius 3 is 2.04 bits per heavy atom. The zero-order valence-corrected chi connectivity index (χ0v) is 33.6. The summed E-state index contributed by atoms with van der Waals surface area (Å²) < 4.78 is 2.15. The first kappa shape index (κ1) is 36.2. The minimum absolute atomic E-state index is 0.155. The molecule has 0 amide bonds. The number of aromatic hydroxyl groups is 1. The van der Waals surface area contributed by atoms with E-state index in [-0.39, 0.29) is 22.0 Å². The first-order valence-electron chi connectivity index (χ1n) is 18.3. The summed E-state index contributed by atoms with van der Waals surface area (Å²) in [5, 5.41) is 13.1. The average Bonchev–Trinajstić information content (AvgIpc) is 3.47. The maximum absolute atomic E-state index is 12.0. The SMILES string of the molecule is Cc1ccnc(C)c1N(c1cc(-c2nc(-c3cc(C(C)(C)C)cc(C(C)(C)C)c3O)nc3c2sc2ccccc23)cc(C(C)(C)C)c1)c1ccccn1. The van der Waals surface area contributed by atoms with Gasteiger partial charge in [0.1, 0.15) is 11.6 Å². The van der Waals surface area contributed by atoms with Crippen LogP contribution in [0, 0.1) is 13.8 Å². The van der Waals surface area contributed by atoms with E-state index in [4.69, 9.17) is 19.9 Å². The molecule has 7 aromatic rings. The Bertz CT molecular complexity index is 2480. The van der Waals surface area contributed by atoms with Gasteiger partial charge in [-0.15, -0.1) is 11.3 Å². The number of aryl methyl sites for hydroxylation is 2. The van der Waals surface area contributed by atoms with Crippen LogP contribution in [0.5, 0.6) is 5.75 Å². The van der Waals surface area contributed by atoms with Gasteiger partial charge in [0.25, 0.3) is 0 Å². The molecule has 0 aliphatic heterocycles. The van der Waals surface area contributed by atoms with E-state index in [1.54, 1.807) is 11.3 Å². The van der Waals surface area contributed by atoms with Crippen LogP contribution >= 0.6 is 11.3 Å². The highest BCUT2D eigenvalue weighted by molar-refractivity contribution is 7.26. The van der Waals surface area contributed by atoms with Crippen molar-refractivity contribution in [3.63, 3.8) is 0 Å². The van der Waals surface area contributed by atoms with Crippen molar-refractivity contribution in [3.05, 3.63) is 119 Å². The third-order valence-electron chi connectivity index (χ3n) is 9.97. The lowest BCUT2D eigenvalue weighted by Gasteiger charge is -2.29. The van der Waals surface area contributed by atoms with Gasteiger partial charge in [-0.1, -0.05) is 92.6 Å². The molecule has 7 heteroatoms. The molecule has 0 unspecified atom stereocenters. The zero-order valence-electron chi connectivity index (χ0n) is 32.8. The van der Waals surface area contributed by atoms with E-state index in [1.807, 2.05) is 43.6 Å². The average molecular weight is 720 g/mol. The van der Waals surface area contributed by atoms with Crippen LogP contribution in [0.3, 0.4) is 0 Å². The molecular formula is C46H49N5OS. The van der Waals surface area contributed by atoms with Gasteiger partial charge in [-0.2, -0.15) is 0 Å². The number of benzene rings is 3. The molecule has 4 heterocycles. The van der Waals surface area contributed by atoms with Gasteiger partial charge in [0.05, 0.1) is 32.9 Å². The van der Waals surface area contributed by atoms with Crippen molar-refractivity contribution in [2.24, 2.45) is 0 Å². The second-order valence-corrected chi connectivity index (χ2v) is 18.2. The van der Waals surface area contributed by atoms with E-state index in [1.165, 1.54) is 0 Å². The van der Waals surface area contributed by atoms with Gasteiger partial charge in [0, 0.05) is 39.3 Å². The fraction of sp³-hybridized carbons (Fsp3) is 0.304. The van der Waals surface area contributed by atoms with E-state index in [0.717, 1.165) is 76.7 Å². The number of pyridine rings is 2. The highest BCUT2D eigenvalue weighted by Crippen LogP contribution is 2.46. The molecule has 0 saturated carbocycles. The summed E-state index contributed by atoms with van der Waals surface area (Å²) in [6, 6.07) is 27.4. The molecule has 3 aromatic carbocycles. The van der Waals surface area contributed by atoms with Crippen molar-refractivity contribution in [2.45, 2.75) is 92.4 Å². The Balaban J connectivity index is 1.59. The van der Waals surface area contributed by atoms with Crippen molar-refractivity contribution in [2.75, 3.05) is 4.90 Å². The second kappa shape index (κ2) is 13.1. The van der Waals surface area contributed by atoms with E-state index in [0.29, 0.717) is 11.4 Å². The summed E-state index contributed by atoms with van der Waals surface area (Å²) in [7, 11) is 0. The Hall–Kier alpha value is -5.14. The number of phenols is 1. The maximum Gasteiger partial charge on any atom is 0.164 e. The highest BCUT2D eigenvalue weighted by atomic mass is 32.1. The Labute approximate surface area is 317 Å². The fourth-order valence-electron chi connectivity index (χ4n) is 6.91. The predicted octanol–water partition coefficient (Wildman–Crippen LogP) is 12.7. The number of thiophene rings is 1. The van der Waals surface area contributed by atoms with Crippen LogP contribution in [-0.4, -0.2) is 25.0 Å². The molecule has 0 aliphatic carbocycles. The molecule has 53 heavy (non-hydrogen) atoms. The third kappa shape index (κ3) is 6.79. The van der Waals surface area contributed by atoms with Crippen LogP contribution in [0.4, 0.5) is 17.2 Å². The molecule has 6 nitrogen and oxygen atoms in total. The lowest BCUT2D eigenvalue weighted by atomic mass is 9.79. The van der Waals surface area contributed by atoms with Gasteiger partial charge in [0.2, 0.25) is 0 Å². The van der Waals surface area contributed by atoms with Crippen molar-refractivity contribution < 1.29 is 5.11 Å². The van der Waals surface area contributed by atoms with Crippen molar-refractivity contribution >= 4 is 48.8 Å². The molecule has 0 atom stereocenters. The second-order valence-electron chi connectivity index (χ2n) is 17.2. The quantitative estimate of drug-likeness (QED) is 0.191. The summed E-state index contributed by atoms with van der Waals surface area (Å²) in [5.74, 6) is 1.54. The molecule has 0 saturated heterocycles. The molecule has 0 radical (unpaired) electrons. The monoisotopic (exact) mass is 719 g/mol. The van der Waals surface area contributed by atoms with Crippen LogP contribution < -0.4 is 4.90 Å². The van der Waals surface area contributed by atoms with E-state index in [2.05, 4.69) is 129 Å². The van der Waals surface area contributed by atoms with Crippen molar-refractivity contribution in [1.29, 1.82) is 0 Å². The lowest BCUT2D eigenvalue weighted by Crippen LogP contribution is -2.17. The number of nitrogens with zero attached hydrogens (tertiary/aromatic N) is 5. The predicted molar refractivity (Wildman–Crippen MR) is 223 cm³/mol. The summed E-state index contributed by atoms with van der Waals surface area (Å²) in [6.45, 7) is 23.9. The van der Waals surface area contributed by atoms with Crippen molar-refractivity contribution in [1.82, 2.24) is 19.9 Å². The van der Waals surface area contributed by atoms with Crippen LogP contribution in [0.2, 0.25) is 0 Å². The standard InChI is InChI=1S/C46H49N5OS/c1-27-19-21-47-28(2)40(27)51(37-18-14-15-20-48-37)32-23-29(22-30(24-32)44(3,4)5)38-42-39(33-16-12-13-17-36(33)53-42)50-43(49-38)34-25-31(45(6,7)8)26-35(41(34)52)46(9,10)11/h12-26,52H,1-11H3. The molecule has 0 spiro atoms. The zero-order chi connectivity index (χ0) is 38.0.